The second-order valence-corrected chi connectivity index (χ2v) is 7.36. The van der Waals surface area contributed by atoms with Gasteiger partial charge < -0.3 is 21.1 Å². The van der Waals surface area contributed by atoms with E-state index in [1.54, 1.807) is 4.90 Å². The van der Waals surface area contributed by atoms with Crippen LogP contribution in [0.3, 0.4) is 0 Å². The van der Waals surface area contributed by atoms with E-state index in [0.717, 1.165) is 30.4 Å². The van der Waals surface area contributed by atoms with Gasteiger partial charge in [0.1, 0.15) is 6.61 Å². The highest BCUT2D eigenvalue weighted by molar-refractivity contribution is 8.17. The first kappa shape index (κ1) is 18.5. The second-order valence-electron chi connectivity index (χ2n) is 5.23. The number of amidine groups is 2. The molecule has 1 fully saturated rings. The van der Waals surface area contributed by atoms with Crippen LogP contribution in [0.5, 0.6) is 0 Å². The number of rotatable bonds is 4. The zero-order chi connectivity index (χ0) is 17.4. The molecule has 1 heterocycles. The van der Waals surface area contributed by atoms with Crippen LogP contribution in [0, 0.1) is 5.41 Å². The van der Waals surface area contributed by atoms with Crippen molar-refractivity contribution in [3.05, 3.63) is 35.9 Å². The molecule has 7 nitrogen and oxygen atoms in total. The topological polar surface area (TPSA) is 118 Å². The first-order valence-electron chi connectivity index (χ1n) is 7.51. The lowest BCUT2D eigenvalue weighted by molar-refractivity contribution is 0.0901. The number of benzene rings is 1. The number of carbonyl (C=O) groups excluding carboxylic acids is 1. The SMILES string of the molecule is N=C(N)S/N=C(\N)SC1CCN(C(=O)OCc2ccccc2)CC1. The molecule has 24 heavy (non-hydrogen) atoms. The van der Waals surface area contributed by atoms with Crippen molar-refractivity contribution < 1.29 is 9.53 Å². The molecule has 5 N–H and O–H groups in total. The number of nitrogens with two attached hydrogens (primary N) is 2. The molecular weight excluding hydrogens is 346 g/mol. The fourth-order valence-electron chi connectivity index (χ4n) is 2.25. The molecule has 0 bridgehead atoms. The molecule has 1 aliphatic rings. The Hall–Kier alpha value is -1.87. The zero-order valence-corrected chi connectivity index (χ0v) is 14.8. The molecule has 0 atom stereocenters. The molecule has 1 saturated heterocycles. The third-order valence-corrected chi connectivity index (χ3v) is 5.16. The first-order chi connectivity index (χ1) is 11.5. The van der Waals surface area contributed by atoms with E-state index < -0.39 is 0 Å². The molecule has 130 valence electrons. The van der Waals surface area contributed by atoms with Crippen molar-refractivity contribution in [2.45, 2.75) is 24.7 Å². The van der Waals surface area contributed by atoms with Gasteiger partial charge in [0, 0.05) is 18.3 Å². The summed E-state index contributed by atoms with van der Waals surface area (Å²) in [4.78, 5) is 13.8. The van der Waals surface area contributed by atoms with Gasteiger partial charge in [0.25, 0.3) is 0 Å². The second kappa shape index (κ2) is 9.43. The van der Waals surface area contributed by atoms with Gasteiger partial charge in [-0.25, -0.2) is 4.79 Å². The third-order valence-electron chi connectivity index (χ3n) is 3.43. The Morgan fingerprint density at radius 1 is 1.29 bits per heavy atom. The molecule has 0 spiro atoms. The van der Waals surface area contributed by atoms with Crippen LogP contribution in [0.2, 0.25) is 0 Å². The Morgan fingerprint density at radius 2 is 1.96 bits per heavy atom. The maximum atomic E-state index is 12.1. The lowest BCUT2D eigenvalue weighted by Gasteiger charge is -2.30. The van der Waals surface area contributed by atoms with Crippen LogP contribution in [-0.2, 0) is 11.3 Å². The molecular formula is C15H21N5O2S2. The van der Waals surface area contributed by atoms with E-state index in [1.165, 1.54) is 11.8 Å². The van der Waals surface area contributed by atoms with Gasteiger partial charge in [0.05, 0.1) is 11.9 Å². The van der Waals surface area contributed by atoms with Gasteiger partial charge in [-0.1, -0.05) is 42.1 Å². The standard InChI is InChI=1S/C15H21N5O2S2/c16-13(17)24-19-14(18)23-12-6-8-20(9-7-12)15(21)22-10-11-4-2-1-3-5-11/h1-5,12H,6-10H2,(H3,16,17)(H2,18,19). The number of hydrogen-bond acceptors (Lipinski definition) is 6. The van der Waals surface area contributed by atoms with Crippen molar-refractivity contribution in [1.82, 2.24) is 4.90 Å². The molecule has 1 aromatic rings. The van der Waals surface area contributed by atoms with Crippen LogP contribution >= 0.6 is 23.7 Å². The van der Waals surface area contributed by atoms with Gasteiger partial charge in [-0.3, -0.25) is 5.41 Å². The minimum absolute atomic E-state index is 0.0884. The minimum atomic E-state index is -0.281. The van der Waals surface area contributed by atoms with Crippen molar-refractivity contribution in [2.24, 2.45) is 15.9 Å². The highest BCUT2D eigenvalue weighted by atomic mass is 32.2. The van der Waals surface area contributed by atoms with Crippen LogP contribution in [0.15, 0.2) is 34.7 Å². The summed E-state index contributed by atoms with van der Waals surface area (Å²) in [5.74, 6) is 0. The lowest BCUT2D eigenvalue weighted by Crippen LogP contribution is -2.40. The Labute approximate surface area is 149 Å². The normalized spacial score (nSPS) is 16.0. The number of ether oxygens (including phenoxy) is 1. The Balaban J connectivity index is 1.71. The van der Waals surface area contributed by atoms with E-state index in [-0.39, 0.29) is 17.9 Å². The molecule has 0 saturated carbocycles. The minimum Gasteiger partial charge on any atom is -0.445 e. The molecule has 9 heteroatoms. The lowest BCUT2D eigenvalue weighted by atomic mass is 10.1. The number of thioether (sulfide) groups is 1. The van der Waals surface area contributed by atoms with Crippen LogP contribution in [0.4, 0.5) is 4.79 Å². The predicted octanol–water partition coefficient (Wildman–Crippen LogP) is 2.38. The predicted molar refractivity (Wildman–Crippen MR) is 99.9 cm³/mol. The average Bonchev–Trinajstić information content (AvgIpc) is 2.59. The Kier molecular flexibility index (Phi) is 7.26. The molecule has 2 rings (SSSR count). The van der Waals surface area contributed by atoms with Crippen LogP contribution < -0.4 is 11.5 Å². The Morgan fingerprint density at radius 3 is 2.58 bits per heavy atom. The largest absolute Gasteiger partial charge is 0.445 e. The Bertz CT molecular complexity index is 589. The smallest absolute Gasteiger partial charge is 0.410 e. The van der Waals surface area contributed by atoms with E-state index in [9.17, 15) is 4.79 Å². The van der Waals surface area contributed by atoms with Crippen LogP contribution in [0.1, 0.15) is 18.4 Å². The number of nitrogens with one attached hydrogen (secondary N) is 1. The highest BCUT2D eigenvalue weighted by Crippen LogP contribution is 2.24. The van der Waals surface area contributed by atoms with Gasteiger partial charge >= 0.3 is 6.09 Å². The van der Waals surface area contributed by atoms with Gasteiger partial charge in [-0.05, 0) is 18.4 Å². The van der Waals surface area contributed by atoms with Crippen molar-refractivity contribution in [3.8, 4) is 0 Å². The van der Waals surface area contributed by atoms with E-state index in [1.807, 2.05) is 30.3 Å². The molecule has 0 aliphatic carbocycles. The molecule has 1 aliphatic heterocycles. The van der Waals surface area contributed by atoms with Crippen molar-refractivity contribution in [1.29, 1.82) is 5.41 Å². The van der Waals surface area contributed by atoms with E-state index >= 15 is 0 Å². The first-order valence-corrected chi connectivity index (χ1v) is 9.16. The van der Waals surface area contributed by atoms with Crippen LogP contribution in [-0.4, -0.2) is 39.7 Å². The zero-order valence-electron chi connectivity index (χ0n) is 13.2. The van der Waals surface area contributed by atoms with Gasteiger partial charge in [0.15, 0.2) is 10.3 Å². The van der Waals surface area contributed by atoms with E-state index in [2.05, 4.69) is 4.40 Å². The van der Waals surface area contributed by atoms with E-state index in [4.69, 9.17) is 21.6 Å². The number of nitrogens with zero attached hydrogens (tertiary/aromatic N) is 2. The summed E-state index contributed by atoms with van der Waals surface area (Å²) in [6, 6.07) is 9.62. The molecule has 0 aromatic heterocycles. The summed E-state index contributed by atoms with van der Waals surface area (Å²) in [5.41, 5.74) is 12.0. The van der Waals surface area contributed by atoms with Gasteiger partial charge in [-0.2, -0.15) is 4.40 Å². The summed E-state index contributed by atoms with van der Waals surface area (Å²) in [6.07, 6.45) is 1.37. The van der Waals surface area contributed by atoms with Crippen molar-refractivity contribution >= 4 is 40.1 Å². The highest BCUT2D eigenvalue weighted by Gasteiger charge is 2.24. The maximum Gasteiger partial charge on any atom is 0.410 e. The fraction of sp³-hybridized carbons (Fsp3) is 0.400. The summed E-state index contributed by atoms with van der Waals surface area (Å²) in [7, 11) is 0. The number of likely N-dealkylation sites (tertiary alicyclic amines) is 1. The molecule has 1 amide bonds. The monoisotopic (exact) mass is 367 g/mol. The summed E-state index contributed by atoms with van der Waals surface area (Å²) >= 11 is 2.32. The molecule has 1 aromatic carbocycles. The summed E-state index contributed by atoms with van der Waals surface area (Å²) in [6.45, 7) is 1.56. The maximum absolute atomic E-state index is 12.1. The quantitative estimate of drug-likeness (QED) is 0.427. The number of hydrogen-bond donors (Lipinski definition) is 3. The fourth-order valence-corrected chi connectivity index (χ4v) is 3.51. The third kappa shape index (κ3) is 6.32. The van der Waals surface area contributed by atoms with Crippen molar-refractivity contribution in [2.75, 3.05) is 13.1 Å². The molecule has 0 unspecified atom stereocenters. The number of amides is 1. The summed E-state index contributed by atoms with van der Waals surface area (Å²) < 4.78 is 9.29. The average molecular weight is 368 g/mol. The van der Waals surface area contributed by atoms with E-state index in [0.29, 0.717) is 23.5 Å². The molecule has 0 radical (unpaired) electrons. The summed E-state index contributed by atoms with van der Waals surface area (Å²) in [5, 5.41) is 7.71. The van der Waals surface area contributed by atoms with Gasteiger partial charge in [0.2, 0.25) is 0 Å². The van der Waals surface area contributed by atoms with Gasteiger partial charge in [-0.15, -0.1) is 0 Å². The van der Waals surface area contributed by atoms with Crippen LogP contribution in [0.25, 0.3) is 0 Å². The van der Waals surface area contributed by atoms with Crippen molar-refractivity contribution in [3.63, 3.8) is 0 Å². The number of piperidine rings is 1. The number of carbonyl (C=O) groups is 1.